The van der Waals surface area contributed by atoms with E-state index >= 15 is 0 Å². The van der Waals surface area contributed by atoms with E-state index in [1.54, 1.807) is 0 Å². The zero-order valence-electron chi connectivity index (χ0n) is 12.7. The lowest BCUT2D eigenvalue weighted by Crippen LogP contribution is -2.31. The van der Waals surface area contributed by atoms with E-state index in [1.165, 1.54) is 6.42 Å². The maximum Gasteiger partial charge on any atom is 0.121 e. The number of nitrogens with two attached hydrogens (primary N) is 1. The summed E-state index contributed by atoms with van der Waals surface area (Å²) in [5.74, 6) is 1.61. The van der Waals surface area contributed by atoms with Crippen molar-refractivity contribution in [1.82, 2.24) is 4.90 Å². The molecule has 0 saturated carbocycles. The second-order valence-electron chi connectivity index (χ2n) is 5.73. The van der Waals surface area contributed by atoms with Gasteiger partial charge in [0.2, 0.25) is 0 Å². The van der Waals surface area contributed by atoms with E-state index in [-0.39, 0.29) is 0 Å². The van der Waals surface area contributed by atoms with Crippen LogP contribution in [0.4, 0.5) is 5.69 Å². The molecule has 1 atom stereocenters. The number of benzene rings is 1. The number of hydrogen-bond donors (Lipinski definition) is 1. The fourth-order valence-corrected chi connectivity index (χ4v) is 2.19. The number of anilines is 1. The quantitative estimate of drug-likeness (QED) is 0.577. The number of hydrogen-bond acceptors (Lipinski definition) is 3. The van der Waals surface area contributed by atoms with Crippen LogP contribution in [-0.2, 0) is 0 Å². The molecule has 19 heavy (non-hydrogen) atoms. The molecule has 0 aliphatic heterocycles. The Balaban J connectivity index is 2.20. The highest BCUT2D eigenvalue weighted by Gasteiger charge is 2.10. The SMILES string of the molecule is CC(C)CC(C)N(C)CCCOc1cccc(N)c1. The van der Waals surface area contributed by atoms with Gasteiger partial charge in [0.15, 0.2) is 0 Å². The number of rotatable bonds is 8. The molecule has 3 heteroatoms. The predicted octanol–water partition coefficient (Wildman–Crippen LogP) is 3.40. The summed E-state index contributed by atoms with van der Waals surface area (Å²) in [7, 11) is 2.19. The van der Waals surface area contributed by atoms with Crippen LogP contribution in [0.3, 0.4) is 0 Å². The second kappa shape index (κ2) is 8.05. The van der Waals surface area contributed by atoms with Crippen LogP contribution in [-0.4, -0.2) is 31.1 Å². The summed E-state index contributed by atoms with van der Waals surface area (Å²) in [6.45, 7) is 8.64. The Labute approximate surface area is 117 Å². The maximum absolute atomic E-state index is 5.71. The van der Waals surface area contributed by atoms with Gasteiger partial charge in [-0.1, -0.05) is 19.9 Å². The summed E-state index contributed by atoms with van der Waals surface area (Å²) < 4.78 is 5.69. The summed E-state index contributed by atoms with van der Waals surface area (Å²) >= 11 is 0. The molecule has 1 aromatic rings. The molecule has 1 rings (SSSR count). The van der Waals surface area contributed by atoms with Crippen LogP contribution in [0.15, 0.2) is 24.3 Å². The molecule has 0 spiro atoms. The van der Waals surface area contributed by atoms with Gasteiger partial charge in [-0.25, -0.2) is 0 Å². The van der Waals surface area contributed by atoms with E-state index in [0.717, 1.165) is 36.9 Å². The minimum absolute atomic E-state index is 0.632. The van der Waals surface area contributed by atoms with E-state index in [9.17, 15) is 0 Å². The summed E-state index contributed by atoms with van der Waals surface area (Å²) in [5.41, 5.74) is 6.46. The van der Waals surface area contributed by atoms with Gasteiger partial charge in [0.05, 0.1) is 6.61 Å². The zero-order valence-corrected chi connectivity index (χ0v) is 12.7. The molecular weight excluding hydrogens is 236 g/mol. The van der Waals surface area contributed by atoms with Crippen LogP contribution in [0.1, 0.15) is 33.6 Å². The average molecular weight is 264 g/mol. The van der Waals surface area contributed by atoms with Gasteiger partial charge in [0.25, 0.3) is 0 Å². The van der Waals surface area contributed by atoms with Crippen LogP contribution in [0, 0.1) is 5.92 Å². The number of ether oxygens (including phenoxy) is 1. The molecule has 0 bridgehead atoms. The predicted molar refractivity (Wildman–Crippen MR) is 82.5 cm³/mol. The lowest BCUT2D eigenvalue weighted by molar-refractivity contribution is 0.205. The van der Waals surface area contributed by atoms with E-state index < -0.39 is 0 Å². The smallest absolute Gasteiger partial charge is 0.121 e. The normalized spacial score (nSPS) is 12.9. The van der Waals surface area contributed by atoms with Gasteiger partial charge in [0.1, 0.15) is 5.75 Å². The minimum Gasteiger partial charge on any atom is -0.493 e. The molecule has 0 fully saturated rings. The summed E-state index contributed by atoms with van der Waals surface area (Å²) in [5, 5.41) is 0. The van der Waals surface area contributed by atoms with E-state index in [0.29, 0.717) is 6.04 Å². The molecule has 2 N–H and O–H groups in total. The molecule has 0 aliphatic carbocycles. The largest absolute Gasteiger partial charge is 0.493 e. The molecule has 108 valence electrons. The van der Waals surface area contributed by atoms with E-state index in [4.69, 9.17) is 10.5 Å². The van der Waals surface area contributed by atoms with Crippen molar-refractivity contribution in [3.63, 3.8) is 0 Å². The summed E-state index contributed by atoms with van der Waals surface area (Å²) in [6, 6.07) is 8.23. The highest BCUT2D eigenvalue weighted by molar-refractivity contribution is 5.43. The molecule has 1 unspecified atom stereocenters. The second-order valence-corrected chi connectivity index (χ2v) is 5.73. The van der Waals surface area contributed by atoms with Crippen molar-refractivity contribution in [3.8, 4) is 5.75 Å². The molecule has 0 saturated heterocycles. The van der Waals surface area contributed by atoms with Crippen LogP contribution in [0.2, 0.25) is 0 Å². The zero-order chi connectivity index (χ0) is 14.3. The first kappa shape index (κ1) is 15.8. The first-order chi connectivity index (χ1) is 8.99. The topological polar surface area (TPSA) is 38.5 Å². The Bertz CT molecular complexity index is 366. The Morgan fingerprint density at radius 3 is 2.63 bits per heavy atom. The van der Waals surface area contributed by atoms with E-state index in [2.05, 4.69) is 32.7 Å². The lowest BCUT2D eigenvalue weighted by Gasteiger charge is -2.26. The fraction of sp³-hybridized carbons (Fsp3) is 0.625. The first-order valence-electron chi connectivity index (χ1n) is 7.17. The Kier molecular flexibility index (Phi) is 6.71. The van der Waals surface area contributed by atoms with Crippen molar-refractivity contribution < 1.29 is 4.74 Å². The molecular formula is C16H28N2O. The van der Waals surface area contributed by atoms with Crippen molar-refractivity contribution in [2.75, 3.05) is 25.9 Å². The molecule has 0 radical (unpaired) electrons. The van der Waals surface area contributed by atoms with Gasteiger partial charge >= 0.3 is 0 Å². The maximum atomic E-state index is 5.71. The lowest BCUT2D eigenvalue weighted by atomic mass is 10.0. The molecule has 1 aromatic carbocycles. The van der Waals surface area contributed by atoms with Crippen molar-refractivity contribution in [3.05, 3.63) is 24.3 Å². The van der Waals surface area contributed by atoms with Crippen LogP contribution in [0.5, 0.6) is 5.75 Å². The molecule has 0 aliphatic rings. The van der Waals surface area contributed by atoms with Crippen molar-refractivity contribution in [2.45, 2.75) is 39.7 Å². The minimum atomic E-state index is 0.632. The highest BCUT2D eigenvalue weighted by atomic mass is 16.5. The van der Waals surface area contributed by atoms with Crippen LogP contribution in [0.25, 0.3) is 0 Å². The molecule has 0 heterocycles. The fourth-order valence-electron chi connectivity index (χ4n) is 2.19. The van der Waals surface area contributed by atoms with Gasteiger partial charge in [-0.15, -0.1) is 0 Å². The van der Waals surface area contributed by atoms with Crippen molar-refractivity contribution in [1.29, 1.82) is 0 Å². The molecule has 0 amide bonds. The van der Waals surface area contributed by atoms with Gasteiger partial charge in [-0.3, -0.25) is 0 Å². The molecule has 0 aromatic heterocycles. The number of nitrogens with zero attached hydrogens (tertiary/aromatic N) is 1. The van der Waals surface area contributed by atoms with Crippen molar-refractivity contribution in [2.24, 2.45) is 5.92 Å². The van der Waals surface area contributed by atoms with Gasteiger partial charge in [-0.2, -0.15) is 0 Å². The average Bonchev–Trinajstić information content (AvgIpc) is 2.33. The van der Waals surface area contributed by atoms with Crippen molar-refractivity contribution >= 4 is 5.69 Å². The van der Waals surface area contributed by atoms with Crippen LogP contribution >= 0.6 is 0 Å². The third-order valence-corrected chi connectivity index (χ3v) is 3.35. The Morgan fingerprint density at radius 1 is 1.26 bits per heavy atom. The van der Waals surface area contributed by atoms with Crippen LogP contribution < -0.4 is 10.5 Å². The standard InChI is InChI=1S/C16H28N2O/c1-13(2)11-14(3)18(4)9-6-10-19-16-8-5-7-15(17)12-16/h5,7-8,12-14H,6,9-11,17H2,1-4H3. The number of nitrogen functional groups attached to an aromatic ring is 1. The third kappa shape index (κ3) is 6.48. The van der Waals surface area contributed by atoms with E-state index in [1.807, 2.05) is 24.3 Å². The van der Waals surface area contributed by atoms with Gasteiger partial charge in [-0.05, 0) is 44.9 Å². The Morgan fingerprint density at radius 2 is 2.00 bits per heavy atom. The molecule has 3 nitrogen and oxygen atoms in total. The first-order valence-corrected chi connectivity index (χ1v) is 7.17. The Hall–Kier alpha value is -1.22. The van der Waals surface area contributed by atoms with Gasteiger partial charge < -0.3 is 15.4 Å². The summed E-state index contributed by atoms with van der Waals surface area (Å²) in [6.07, 6.45) is 2.28. The highest BCUT2D eigenvalue weighted by Crippen LogP contribution is 2.15. The third-order valence-electron chi connectivity index (χ3n) is 3.35. The summed E-state index contributed by atoms with van der Waals surface area (Å²) in [4.78, 5) is 2.41. The monoisotopic (exact) mass is 264 g/mol. The van der Waals surface area contributed by atoms with Gasteiger partial charge in [0, 0.05) is 24.3 Å².